The number of amides is 1. The van der Waals surface area contributed by atoms with Crippen molar-refractivity contribution in [3.63, 3.8) is 0 Å². The summed E-state index contributed by atoms with van der Waals surface area (Å²) in [5.41, 5.74) is -0.232. The number of pyridine rings is 1. The van der Waals surface area contributed by atoms with E-state index in [1.807, 2.05) is 45.6 Å². The van der Waals surface area contributed by atoms with Crippen LogP contribution in [-0.4, -0.2) is 61.3 Å². The number of anilines is 1. The molecule has 1 aliphatic heterocycles. The molecular formula is C24H27F2N7O2. The molecule has 11 heteroatoms. The van der Waals surface area contributed by atoms with E-state index in [0.717, 1.165) is 0 Å². The van der Waals surface area contributed by atoms with E-state index >= 15 is 0 Å². The van der Waals surface area contributed by atoms with E-state index in [0.29, 0.717) is 30.3 Å². The van der Waals surface area contributed by atoms with Crippen molar-refractivity contribution in [2.75, 3.05) is 18.0 Å². The van der Waals surface area contributed by atoms with Gasteiger partial charge in [0.25, 0.3) is 6.43 Å². The molecule has 3 aromatic rings. The molecule has 4 rings (SSSR count). The highest BCUT2D eigenvalue weighted by Gasteiger charge is 2.36. The minimum atomic E-state index is -2.78. The maximum Gasteiger partial charge on any atom is 0.410 e. The molecule has 0 radical (unpaired) electrons. The lowest BCUT2D eigenvalue weighted by Gasteiger charge is -2.44. The van der Waals surface area contributed by atoms with Crippen LogP contribution in [0.1, 0.15) is 52.2 Å². The number of carbonyl (C=O) groups is 1. The number of nitrogens with zero attached hydrogens (tertiary/aromatic N) is 7. The molecule has 4 heterocycles. The minimum Gasteiger partial charge on any atom is -0.444 e. The Morgan fingerprint density at radius 2 is 1.94 bits per heavy atom. The fraction of sp³-hybridized carbons (Fsp3) is 0.458. The third-order valence-corrected chi connectivity index (χ3v) is 5.83. The normalized spacial score (nSPS) is 18.7. The van der Waals surface area contributed by atoms with Crippen molar-refractivity contribution >= 4 is 22.9 Å². The minimum absolute atomic E-state index is 0.217. The van der Waals surface area contributed by atoms with Crippen molar-refractivity contribution in [2.45, 2.75) is 58.7 Å². The quantitative estimate of drug-likeness (QED) is 0.542. The van der Waals surface area contributed by atoms with Gasteiger partial charge in [-0.05, 0) is 46.8 Å². The van der Waals surface area contributed by atoms with E-state index in [2.05, 4.69) is 15.0 Å². The first-order valence-electron chi connectivity index (χ1n) is 11.3. The van der Waals surface area contributed by atoms with Gasteiger partial charge in [0.1, 0.15) is 23.6 Å². The Kier molecular flexibility index (Phi) is 6.32. The van der Waals surface area contributed by atoms with Crippen LogP contribution in [0.2, 0.25) is 0 Å². The largest absolute Gasteiger partial charge is 0.444 e. The summed E-state index contributed by atoms with van der Waals surface area (Å²) in [7, 11) is 0. The molecule has 0 unspecified atom stereocenters. The third-order valence-electron chi connectivity index (χ3n) is 5.83. The van der Waals surface area contributed by atoms with E-state index in [9.17, 15) is 18.8 Å². The van der Waals surface area contributed by atoms with Crippen molar-refractivity contribution in [3.05, 3.63) is 42.0 Å². The van der Waals surface area contributed by atoms with Gasteiger partial charge in [-0.15, -0.1) is 0 Å². The topological polar surface area (TPSA) is 100 Å². The van der Waals surface area contributed by atoms with E-state index in [1.165, 1.54) is 35.4 Å². The van der Waals surface area contributed by atoms with E-state index in [1.54, 1.807) is 4.90 Å². The molecule has 184 valence electrons. The summed E-state index contributed by atoms with van der Waals surface area (Å²) >= 11 is 0. The lowest BCUT2D eigenvalue weighted by Crippen LogP contribution is -2.59. The molecule has 2 atom stereocenters. The first-order valence-corrected chi connectivity index (χ1v) is 11.3. The molecule has 1 aliphatic rings. The number of nitriles is 1. The zero-order chi connectivity index (χ0) is 25.5. The Hall–Kier alpha value is -3.81. The number of hydrogen-bond donors (Lipinski definition) is 0. The first-order chi connectivity index (χ1) is 16.5. The number of fused-ring (bicyclic) bond motifs is 1. The molecular weight excluding hydrogens is 456 g/mol. The average Bonchev–Trinajstić information content (AvgIpc) is 3.19. The maximum atomic E-state index is 14.2. The molecule has 0 saturated carbocycles. The van der Waals surface area contributed by atoms with Crippen molar-refractivity contribution < 1.29 is 18.3 Å². The van der Waals surface area contributed by atoms with Crippen LogP contribution in [0.15, 0.2) is 30.9 Å². The molecule has 3 aromatic heterocycles. The maximum absolute atomic E-state index is 14.2. The highest BCUT2D eigenvalue weighted by Crippen LogP contribution is 2.37. The van der Waals surface area contributed by atoms with Crippen LogP contribution >= 0.6 is 0 Å². The summed E-state index contributed by atoms with van der Waals surface area (Å²) < 4.78 is 35.4. The van der Waals surface area contributed by atoms with Gasteiger partial charge in [-0.3, -0.25) is 4.57 Å². The zero-order valence-corrected chi connectivity index (χ0v) is 20.2. The summed E-state index contributed by atoms with van der Waals surface area (Å²) in [5, 5.41) is 9.45. The Bertz CT molecular complexity index is 1300. The number of halogens is 2. The lowest BCUT2D eigenvalue weighted by molar-refractivity contribution is 0.0130. The average molecular weight is 484 g/mol. The molecule has 0 N–H and O–H groups in total. The molecule has 0 aromatic carbocycles. The summed E-state index contributed by atoms with van der Waals surface area (Å²) in [6, 6.07) is 4.63. The van der Waals surface area contributed by atoms with Gasteiger partial charge in [0, 0.05) is 43.1 Å². The van der Waals surface area contributed by atoms with Crippen molar-refractivity contribution in [1.29, 1.82) is 5.26 Å². The van der Waals surface area contributed by atoms with Crippen LogP contribution in [0.25, 0.3) is 16.9 Å². The van der Waals surface area contributed by atoms with Crippen LogP contribution in [0.5, 0.6) is 0 Å². The van der Waals surface area contributed by atoms with Gasteiger partial charge >= 0.3 is 6.09 Å². The van der Waals surface area contributed by atoms with Gasteiger partial charge in [-0.2, -0.15) is 5.26 Å². The fourth-order valence-corrected chi connectivity index (χ4v) is 4.25. The van der Waals surface area contributed by atoms with Crippen LogP contribution < -0.4 is 4.90 Å². The Balaban J connectivity index is 1.76. The summed E-state index contributed by atoms with van der Waals surface area (Å²) in [6.07, 6.45) is 0.881. The van der Waals surface area contributed by atoms with Gasteiger partial charge in [0.2, 0.25) is 0 Å². The highest BCUT2D eigenvalue weighted by molar-refractivity contribution is 5.93. The standard InChI is InChI=1S/C24H27F2N7O2/c1-14-11-32(23(34)35-24(3,4)5)15(2)10-31(14)21-19-17(20(25)26)12-33(22(19)30-13-29-21)18-8-16(9-27)6-7-28-18/h6-8,12-15,20H,10-11H2,1-5H3/t14-,15+/m0/s1. The summed E-state index contributed by atoms with van der Waals surface area (Å²) in [5.74, 6) is 0.672. The number of ether oxygens (including phenoxy) is 1. The molecule has 0 bridgehead atoms. The number of carbonyl (C=O) groups excluding carboxylic acids is 1. The fourth-order valence-electron chi connectivity index (χ4n) is 4.25. The molecule has 1 amide bonds. The van der Waals surface area contributed by atoms with Crippen LogP contribution in [0.3, 0.4) is 0 Å². The molecule has 0 spiro atoms. The molecule has 1 saturated heterocycles. The van der Waals surface area contributed by atoms with Crippen LogP contribution in [0.4, 0.5) is 19.4 Å². The Morgan fingerprint density at radius 3 is 2.60 bits per heavy atom. The van der Waals surface area contributed by atoms with Crippen LogP contribution in [0, 0.1) is 11.3 Å². The van der Waals surface area contributed by atoms with Crippen molar-refractivity contribution in [1.82, 2.24) is 24.4 Å². The highest BCUT2D eigenvalue weighted by atomic mass is 19.3. The lowest BCUT2D eigenvalue weighted by atomic mass is 10.1. The number of alkyl halides is 2. The summed E-state index contributed by atoms with van der Waals surface area (Å²) in [6.45, 7) is 9.95. The van der Waals surface area contributed by atoms with Gasteiger partial charge < -0.3 is 14.5 Å². The Morgan fingerprint density at radius 1 is 1.20 bits per heavy atom. The Labute approximate surface area is 202 Å². The predicted octanol–water partition coefficient (Wildman–Crippen LogP) is 4.46. The number of hydrogen-bond acceptors (Lipinski definition) is 7. The number of aromatic nitrogens is 4. The van der Waals surface area contributed by atoms with Gasteiger partial charge in [0.05, 0.1) is 17.0 Å². The van der Waals surface area contributed by atoms with Crippen molar-refractivity contribution in [2.24, 2.45) is 0 Å². The molecule has 0 aliphatic carbocycles. The van der Waals surface area contributed by atoms with E-state index in [-0.39, 0.29) is 28.7 Å². The molecule has 35 heavy (non-hydrogen) atoms. The number of rotatable bonds is 3. The van der Waals surface area contributed by atoms with Gasteiger partial charge in [-0.1, -0.05) is 0 Å². The van der Waals surface area contributed by atoms with Crippen molar-refractivity contribution in [3.8, 4) is 11.9 Å². The van der Waals surface area contributed by atoms with Gasteiger partial charge in [0.15, 0.2) is 5.65 Å². The molecule has 1 fully saturated rings. The third kappa shape index (κ3) is 4.73. The predicted molar refractivity (Wildman–Crippen MR) is 126 cm³/mol. The second kappa shape index (κ2) is 9.09. The monoisotopic (exact) mass is 483 g/mol. The first kappa shape index (κ1) is 24.3. The smallest absolute Gasteiger partial charge is 0.410 e. The second-order valence-electron chi connectivity index (χ2n) is 9.65. The van der Waals surface area contributed by atoms with Gasteiger partial charge in [-0.25, -0.2) is 28.5 Å². The second-order valence-corrected chi connectivity index (χ2v) is 9.65. The van der Waals surface area contributed by atoms with Crippen LogP contribution in [-0.2, 0) is 4.74 Å². The zero-order valence-electron chi connectivity index (χ0n) is 20.2. The SMILES string of the molecule is C[C@@H]1CN(c2ncnc3c2c(C(F)F)cn3-c2cc(C#N)ccn2)[C@@H](C)CN1C(=O)OC(C)(C)C. The molecule has 9 nitrogen and oxygen atoms in total. The van der Waals surface area contributed by atoms with E-state index < -0.39 is 18.1 Å². The number of piperazine rings is 1. The summed E-state index contributed by atoms with van der Waals surface area (Å²) in [4.78, 5) is 29.2. The van der Waals surface area contributed by atoms with E-state index in [4.69, 9.17) is 4.74 Å².